The van der Waals surface area contributed by atoms with Crippen molar-refractivity contribution in [2.75, 3.05) is 0 Å². The molecule has 2 rings (SSSR count). The van der Waals surface area contributed by atoms with Gasteiger partial charge in [0.05, 0.1) is 0 Å². The van der Waals surface area contributed by atoms with E-state index < -0.39 is 0 Å². The lowest BCUT2D eigenvalue weighted by molar-refractivity contribution is 0.466. The molecule has 0 aliphatic heterocycles. The van der Waals surface area contributed by atoms with Gasteiger partial charge in [-0.05, 0) is 43.5 Å². The fourth-order valence-corrected chi connectivity index (χ4v) is 1.89. The summed E-state index contributed by atoms with van der Waals surface area (Å²) in [5.41, 5.74) is 4.22. The van der Waals surface area contributed by atoms with Gasteiger partial charge < -0.3 is 10.2 Å². The predicted molar refractivity (Wildman–Crippen MR) is 69.4 cm³/mol. The SMILES string of the molecule is Cc1ccc(-c2ccc(C)c(C)c2O)c(O)c1. The van der Waals surface area contributed by atoms with Crippen LogP contribution in [0.15, 0.2) is 30.3 Å². The summed E-state index contributed by atoms with van der Waals surface area (Å²) in [6.07, 6.45) is 0. The zero-order chi connectivity index (χ0) is 12.6. The predicted octanol–water partition coefficient (Wildman–Crippen LogP) is 3.69. The van der Waals surface area contributed by atoms with Gasteiger partial charge in [0, 0.05) is 11.1 Å². The van der Waals surface area contributed by atoms with Crippen LogP contribution in [0.4, 0.5) is 0 Å². The highest BCUT2D eigenvalue weighted by atomic mass is 16.3. The van der Waals surface area contributed by atoms with Crippen molar-refractivity contribution in [3.63, 3.8) is 0 Å². The lowest BCUT2D eigenvalue weighted by Crippen LogP contribution is -1.87. The first-order chi connectivity index (χ1) is 8.00. The van der Waals surface area contributed by atoms with E-state index in [0.29, 0.717) is 11.1 Å². The zero-order valence-electron chi connectivity index (χ0n) is 10.3. The third kappa shape index (κ3) is 1.98. The second-order valence-corrected chi connectivity index (χ2v) is 4.42. The first kappa shape index (κ1) is 11.5. The number of aromatic hydroxyl groups is 2. The van der Waals surface area contributed by atoms with Crippen molar-refractivity contribution in [2.45, 2.75) is 20.8 Å². The molecular weight excluding hydrogens is 212 g/mol. The van der Waals surface area contributed by atoms with Gasteiger partial charge in [-0.25, -0.2) is 0 Å². The van der Waals surface area contributed by atoms with Crippen LogP contribution in [0.3, 0.4) is 0 Å². The second-order valence-electron chi connectivity index (χ2n) is 4.42. The van der Waals surface area contributed by atoms with Gasteiger partial charge >= 0.3 is 0 Å². The Kier molecular flexibility index (Phi) is 2.80. The monoisotopic (exact) mass is 228 g/mol. The molecule has 0 aliphatic carbocycles. The van der Waals surface area contributed by atoms with E-state index in [-0.39, 0.29) is 11.5 Å². The highest BCUT2D eigenvalue weighted by molar-refractivity contribution is 5.77. The standard InChI is InChI=1S/C15H16O2/c1-9-4-6-12(14(16)8-9)13-7-5-10(2)11(3)15(13)17/h4-8,16-17H,1-3H3. The lowest BCUT2D eigenvalue weighted by Gasteiger charge is -2.11. The molecule has 2 nitrogen and oxygen atoms in total. The fraction of sp³-hybridized carbons (Fsp3) is 0.200. The molecule has 0 amide bonds. The number of benzene rings is 2. The molecule has 0 radical (unpaired) electrons. The summed E-state index contributed by atoms with van der Waals surface area (Å²) in [6.45, 7) is 5.75. The zero-order valence-corrected chi connectivity index (χ0v) is 10.3. The number of aryl methyl sites for hydroxylation is 2. The van der Waals surface area contributed by atoms with E-state index in [4.69, 9.17) is 0 Å². The van der Waals surface area contributed by atoms with E-state index in [1.54, 1.807) is 6.07 Å². The second kappa shape index (κ2) is 4.13. The van der Waals surface area contributed by atoms with Gasteiger partial charge in [-0.15, -0.1) is 0 Å². The summed E-state index contributed by atoms with van der Waals surface area (Å²) in [5.74, 6) is 0.438. The molecule has 0 saturated heterocycles. The fourth-order valence-electron chi connectivity index (χ4n) is 1.89. The number of phenolic OH excluding ortho intramolecular Hbond substituents is 2. The van der Waals surface area contributed by atoms with E-state index in [0.717, 1.165) is 16.7 Å². The highest BCUT2D eigenvalue weighted by Crippen LogP contribution is 2.38. The molecule has 2 N–H and O–H groups in total. The minimum Gasteiger partial charge on any atom is -0.507 e. The Morgan fingerprint density at radius 1 is 0.824 bits per heavy atom. The summed E-state index contributed by atoms with van der Waals surface area (Å²) in [6, 6.07) is 9.23. The van der Waals surface area contributed by atoms with Crippen molar-refractivity contribution in [1.29, 1.82) is 0 Å². The van der Waals surface area contributed by atoms with Gasteiger partial charge in [-0.1, -0.05) is 24.3 Å². The van der Waals surface area contributed by atoms with E-state index in [2.05, 4.69) is 0 Å². The number of hydrogen-bond acceptors (Lipinski definition) is 2. The Hall–Kier alpha value is -1.96. The molecule has 0 fully saturated rings. The van der Waals surface area contributed by atoms with Gasteiger partial charge in [0.1, 0.15) is 11.5 Å². The minimum atomic E-state index is 0.198. The molecular formula is C15H16O2. The number of rotatable bonds is 1. The Morgan fingerprint density at radius 2 is 1.47 bits per heavy atom. The molecule has 0 saturated carbocycles. The average Bonchev–Trinajstić information content (AvgIpc) is 2.28. The minimum absolute atomic E-state index is 0.198. The van der Waals surface area contributed by atoms with Gasteiger partial charge in [0.15, 0.2) is 0 Å². The van der Waals surface area contributed by atoms with Crippen LogP contribution in [0, 0.1) is 20.8 Å². The van der Waals surface area contributed by atoms with Crippen molar-refractivity contribution in [1.82, 2.24) is 0 Å². The van der Waals surface area contributed by atoms with E-state index >= 15 is 0 Å². The molecule has 2 aromatic carbocycles. The molecule has 0 aliphatic rings. The Morgan fingerprint density at radius 3 is 2.12 bits per heavy atom. The van der Waals surface area contributed by atoms with Crippen LogP contribution in [-0.2, 0) is 0 Å². The lowest BCUT2D eigenvalue weighted by atomic mass is 9.97. The summed E-state index contributed by atoms with van der Waals surface area (Å²) in [4.78, 5) is 0. The maximum Gasteiger partial charge on any atom is 0.126 e. The van der Waals surface area contributed by atoms with E-state index in [1.165, 1.54) is 0 Å². The smallest absolute Gasteiger partial charge is 0.126 e. The highest BCUT2D eigenvalue weighted by Gasteiger charge is 2.11. The quantitative estimate of drug-likeness (QED) is 0.781. The molecule has 0 bridgehead atoms. The van der Waals surface area contributed by atoms with Crippen LogP contribution >= 0.6 is 0 Å². The van der Waals surface area contributed by atoms with Gasteiger partial charge in [0.2, 0.25) is 0 Å². The largest absolute Gasteiger partial charge is 0.507 e. The number of phenols is 2. The van der Waals surface area contributed by atoms with Crippen LogP contribution in [0.5, 0.6) is 11.5 Å². The van der Waals surface area contributed by atoms with Crippen molar-refractivity contribution in [2.24, 2.45) is 0 Å². The molecule has 0 atom stereocenters. The topological polar surface area (TPSA) is 40.5 Å². The molecule has 2 aromatic rings. The molecule has 0 aromatic heterocycles. The maximum atomic E-state index is 10.1. The molecule has 0 spiro atoms. The van der Waals surface area contributed by atoms with E-state index in [9.17, 15) is 10.2 Å². The molecule has 2 heteroatoms. The molecule has 17 heavy (non-hydrogen) atoms. The van der Waals surface area contributed by atoms with Crippen LogP contribution in [-0.4, -0.2) is 10.2 Å². The van der Waals surface area contributed by atoms with Crippen molar-refractivity contribution in [3.05, 3.63) is 47.0 Å². The van der Waals surface area contributed by atoms with Crippen molar-refractivity contribution in [3.8, 4) is 22.6 Å². The first-order valence-electron chi connectivity index (χ1n) is 5.60. The summed E-state index contributed by atoms with van der Waals surface area (Å²) in [7, 11) is 0. The Balaban J connectivity index is 2.65. The van der Waals surface area contributed by atoms with Crippen LogP contribution in [0.2, 0.25) is 0 Å². The van der Waals surface area contributed by atoms with Crippen molar-refractivity contribution >= 4 is 0 Å². The molecule has 0 unspecified atom stereocenters. The Labute approximate surface area is 101 Å². The number of hydrogen-bond donors (Lipinski definition) is 2. The normalized spacial score (nSPS) is 10.5. The third-order valence-corrected chi connectivity index (χ3v) is 3.15. The van der Waals surface area contributed by atoms with E-state index in [1.807, 2.05) is 45.0 Å². The average molecular weight is 228 g/mol. The summed E-state index contributed by atoms with van der Waals surface area (Å²) >= 11 is 0. The van der Waals surface area contributed by atoms with Gasteiger partial charge in [-0.3, -0.25) is 0 Å². The van der Waals surface area contributed by atoms with Crippen LogP contribution < -0.4 is 0 Å². The van der Waals surface area contributed by atoms with Gasteiger partial charge in [0.25, 0.3) is 0 Å². The van der Waals surface area contributed by atoms with Crippen LogP contribution in [0.1, 0.15) is 16.7 Å². The van der Waals surface area contributed by atoms with Crippen LogP contribution in [0.25, 0.3) is 11.1 Å². The Bertz CT molecular complexity index is 571. The summed E-state index contributed by atoms with van der Waals surface area (Å²) in [5, 5.41) is 20.0. The maximum absolute atomic E-state index is 10.1. The molecule has 88 valence electrons. The van der Waals surface area contributed by atoms with Crippen molar-refractivity contribution < 1.29 is 10.2 Å². The first-order valence-corrected chi connectivity index (χ1v) is 5.60. The summed E-state index contributed by atoms with van der Waals surface area (Å²) < 4.78 is 0. The van der Waals surface area contributed by atoms with Gasteiger partial charge in [-0.2, -0.15) is 0 Å². The third-order valence-electron chi connectivity index (χ3n) is 3.15. The molecule has 0 heterocycles.